The Morgan fingerprint density at radius 2 is 2.05 bits per heavy atom. The maximum absolute atomic E-state index is 13.8. The monoisotopic (exact) mass is 297 g/mol. The second kappa shape index (κ2) is 5.13. The van der Waals surface area contributed by atoms with Gasteiger partial charge in [0.05, 0.1) is 10.5 Å². The number of aromatic nitrogens is 1. The molecule has 2 heterocycles. The molecule has 1 fully saturated rings. The molecule has 1 aromatic heterocycles. The smallest absolute Gasteiger partial charge is 0.322 e. The van der Waals surface area contributed by atoms with Crippen LogP contribution in [0.2, 0.25) is 5.02 Å². The Kier molecular flexibility index (Phi) is 3.67. The fourth-order valence-corrected chi connectivity index (χ4v) is 2.43. The quantitative estimate of drug-likeness (QED) is 0.744. The summed E-state index contributed by atoms with van der Waals surface area (Å²) in [7, 11) is 0. The molecule has 1 saturated heterocycles. The number of fused-ring (bicyclic) bond motifs is 1. The summed E-state index contributed by atoms with van der Waals surface area (Å²) >= 11 is 5.96. The predicted molar refractivity (Wildman–Crippen MR) is 74.2 cm³/mol. The lowest BCUT2D eigenvalue weighted by atomic mass is 10.0. The Balaban J connectivity index is 0.00000147. The Labute approximate surface area is 119 Å². The molecule has 2 aromatic rings. The van der Waals surface area contributed by atoms with Gasteiger partial charge in [0.2, 0.25) is 0 Å². The SMILES string of the molecule is C.O=C1NC(=O)[C@@H](Cc2c[nH]c3c(Cl)ccc(F)c23)N1. The van der Waals surface area contributed by atoms with E-state index >= 15 is 0 Å². The molecule has 0 radical (unpaired) electrons. The van der Waals surface area contributed by atoms with Crippen LogP contribution in [0.25, 0.3) is 10.9 Å². The van der Waals surface area contributed by atoms with Crippen molar-refractivity contribution in [2.24, 2.45) is 0 Å². The van der Waals surface area contributed by atoms with Crippen molar-refractivity contribution in [3.63, 3.8) is 0 Å². The molecular weight excluding hydrogens is 285 g/mol. The molecule has 1 aliphatic rings. The third kappa shape index (κ3) is 2.22. The lowest BCUT2D eigenvalue weighted by Gasteiger charge is -2.06. The first kappa shape index (κ1) is 14.3. The number of urea groups is 1. The van der Waals surface area contributed by atoms with Gasteiger partial charge in [-0.25, -0.2) is 9.18 Å². The van der Waals surface area contributed by atoms with E-state index in [0.717, 1.165) is 0 Å². The number of carbonyl (C=O) groups is 2. The van der Waals surface area contributed by atoms with E-state index in [2.05, 4.69) is 15.6 Å². The predicted octanol–water partition coefficient (Wildman–Crippen LogP) is 2.35. The highest BCUT2D eigenvalue weighted by atomic mass is 35.5. The number of benzene rings is 1. The summed E-state index contributed by atoms with van der Waals surface area (Å²) in [4.78, 5) is 25.4. The largest absolute Gasteiger partial charge is 0.360 e. The maximum Gasteiger partial charge on any atom is 0.322 e. The normalized spacial score (nSPS) is 17.8. The van der Waals surface area contributed by atoms with E-state index < -0.39 is 23.8 Å². The lowest BCUT2D eigenvalue weighted by molar-refractivity contribution is -0.120. The summed E-state index contributed by atoms with van der Waals surface area (Å²) in [5.41, 5.74) is 1.08. The summed E-state index contributed by atoms with van der Waals surface area (Å²) in [6, 6.07) is 1.51. The average Bonchev–Trinajstić information content (AvgIpc) is 2.90. The van der Waals surface area contributed by atoms with Crippen LogP contribution in [0.15, 0.2) is 18.3 Å². The Morgan fingerprint density at radius 1 is 1.30 bits per heavy atom. The average molecular weight is 298 g/mol. The highest BCUT2D eigenvalue weighted by molar-refractivity contribution is 6.35. The molecule has 5 nitrogen and oxygen atoms in total. The number of hydrogen-bond donors (Lipinski definition) is 3. The van der Waals surface area contributed by atoms with Crippen LogP contribution in [-0.4, -0.2) is 23.0 Å². The number of nitrogens with one attached hydrogen (secondary N) is 3. The topological polar surface area (TPSA) is 74.0 Å². The van der Waals surface area contributed by atoms with Crippen molar-refractivity contribution in [2.75, 3.05) is 0 Å². The summed E-state index contributed by atoms with van der Waals surface area (Å²) in [5.74, 6) is -0.831. The molecule has 106 valence electrons. The van der Waals surface area contributed by atoms with Gasteiger partial charge in [0.1, 0.15) is 11.9 Å². The molecule has 3 N–H and O–H groups in total. The first-order valence-electron chi connectivity index (χ1n) is 5.61. The van der Waals surface area contributed by atoms with Crippen LogP contribution in [0.5, 0.6) is 0 Å². The van der Waals surface area contributed by atoms with E-state index in [1.54, 1.807) is 6.20 Å². The molecule has 1 aromatic carbocycles. The van der Waals surface area contributed by atoms with E-state index in [-0.39, 0.29) is 13.8 Å². The van der Waals surface area contributed by atoms with Crippen LogP contribution < -0.4 is 10.6 Å². The van der Waals surface area contributed by atoms with Crippen molar-refractivity contribution >= 4 is 34.4 Å². The summed E-state index contributed by atoms with van der Waals surface area (Å²) in [6.45, 7) is 0. The second-order valence-corrected chi connectivity index (χ2v) is 4.72. The van der Waals surface area contributed by atoms with Gasteiger partial charge in [-0.2, -0.15) is 0 Å². The number of rotatable bonds is 2. The Bertz CT molecular complexity index is 698. The molecule has 0 bridgehead atoms. The van der Waals surface area contributed by atoms with Crippen LogP contribution >= 0.6 is 11.6 Å². The van der Waals surface area contributed by atoms with Crippen LogP contribution in [-0.2, 0) is 11.2 Å². The van der Waals surface area contributed by atoms with Crippen LogP contribution in [0.3, 0.4) is 0 Å². The second-order valence-electron chi connectivity index (χ2n) is 4.31. The van der Waals surface area contributed by atoms with E-state index in [0.29, 0.717) is 21.5 Å². The van der Waals surface area contributed by atoms with E-state index in [1.165, 1.54) is 12.1 Å². The standard InChI is InChI=1S/C12H9ClFN3O2.CH4/c13-6-1-2-7(14)9-5(4-15-10(6)9)3-8-11(18)17-12(19)16-8;/h1-2,4,8,15H,3H2,(H2,16,17,18,19);1H4/t8-;/m1./s1. The fraction of sp³-hybridized carbons (Fsp3) is 0.231. The van der Waals surface area contributed by atoms with Gasteiger partial charge in [-0.15, -0.1) is 0 Å². The number of H-pyrrole nitrogens is 1. The number of imide groups is 1. The van der Waals surface area contributed by atoms with Crippen LogP contribution in [0.1, 0.15) is 13.0 Å². The van der Waals surface area contributed by atoms with Gasteiger partial charge in [-0.05, 0) is 17.7 Å². The molecule has 0 unspecified atom stereocenters. The minimum Gasteiger partial charge on any atom is -0.360 e. The molecule has 3 amide bonds. The van der Waals surface area contributed by atoms with Gasteiger partial charge in [0.15, 0.2) is 0 Å². The van der Waals surface area contributed by atoms with Gasteiger partial charge in [-0.3, -0.25) is 10.1 Å². The lowest BCUT2D eigenvalue weighted by Crippen LogP contribution is -2.31. The first-order chi connectivity index (χ1) is 9.06. The first-order valence-corrected chi connectivity index (χ1v) is 5.99. The van der Waals surface area contributed by atoms with E-state index in [9.17, 15) is 14.0 Å². The highest BCUT2D eigenvalue weighted by Gasteiger charge is 2.30. The zero-order chi connectivity index (χ0) is 13.6. The van der Waals surface area contributed by atoms with Crippen molar-refractivity contribution in [3.05, 3.63) is 34.7 Å². The van der Waals surface area contributed by atoms with Gasteiger partial charge in [0.25, 0.3) is 5.91 Å². The number of aromatic amines is 1. The molecule has 0 aliphatic carbocycles. The Hall–Kier alpha value is -2.08. The van der Waals surface area contributed by atoms with Crippen molar-refractivity contribution < 1.29 is 14.0 Å². The van der Waals surface area contributed by atoms with Gasteiger partial charge in [0, 0.05) is 18.0 Å². The summed E-state index contributed by atoms with van der Waals surface area (Å²) in [6.07, 6.45) is 1.80. The molecule has 1 aliphatic heterocycles. The van der Waals surface area contributed by atoms with Gasteiger partial charge >= 0.3 is 6.03 Å². The number of halogens is 2. The number of hydrogen-bond acceptors (Lipinski definition) is 2. The summed E-state index contributed by atoms with van der Waals surface area (Å²) in [5, 5.41) is 5.36. The Morgan fingerprint density at radius 3 is 2.70 bits per heavy atom. The molecule has 3 rings (SSSR count). The van der Waals surface area contributed by atoms with Gasteiger partial charge in [-0.1, -0.05) is 19.0 Å². The van der Waals surface area contributed by atoms with Crippen LogP contribution in [0.4, 0.5) is 9.18 Å². The van der Waals surface area contributed by atoms with Crippen molar-refractivity contribution in [1.82, 2.24) is 15.6 Å². The van der Waals surface area contributed by atoms with Crippen molar-refractivity contribution in [1.29, 1.82) is 0 Å². The molecule has 1 atom stereocenters. The molecular formula is C13H13ClFN3O2. The molecule has 7 heteroatoms. The van der Waals surface area contributed by atoms with Gasteiger partial charge < -0.3 is 10.3 Å². The van der Waals surface area contributed by atoms with Crippen LogP contribution in [0, 0.1) is 5.82 Å². The van der Waals surface area contributed by atoms with Crippen molar-refractivity contribution in [2.45, 2.75) is 19.9 Å². The zero-order valence-electron chi connectivity index (χ0n) is 9.59. The fourth-order valence-electron chi connectivity index (χ4n) is 2.22. The number of amides is 3. The van der Waals surface area contributed by atoms with Crippen molar-refractivity contribution in [3.8, 4) is 0 Å². The minimum absolute atomic E-state index is 0. The van der Waals surface area contributed by atoms with E-state index in [1.807, 2.05) is 0 Å². The summed E-state index contributed by atoms with van der Waals surface area (Å²) < 4.78 is 13.8. The molecule has 0 spiro atoms. The number of carbonyl (C=O) groups excluding carboxylic acids is 2. The third-order valence-electron chi connectivity index (χ3n) is 3.10. The maximum atomic E-state index is 13.8. The minimum atomic E-state index is -0.690. The molecule has 0 saturated carbocycles. The molecule has 20 heavy (non-hydrogen) atoms. The van der Waals surface area contributed by atoms with E-state index in [4.69, 9.17) is 11.6 Å². The third-order valence-corrected chi connectivity index (χ3v) is 3.41. The zero-order valence-corrected chi connectivity index (χ0v) is 10.3. The highest BCUT2D eigenvalue weighted by Crippen LogP contribution is 2.28.